The van der Waals surface area contributed by atoms with Crippen LogP contribution in [0.4, 0.5) is 4.79 Å². The normalized spacial score (nSPS) is 20.7. The first kappa shape index (κ1) is 16.1. The number of rotatable bonds is 4. The summed E-state index contributed by atoms with van der Waals surface area (Å²) in [7, 11) is 1.94. The number of carbonyl (C=O) groups is 1. The first-order valence-corrected chi connectivity index (χ1v) is 8.94. The minimum Gasteiger partial charge on any atom is -0.336 e. The van der Waals surface area contributed by atoms with E-state index in [2.05, 4.69) is 37.4 Å². The summed E-state index contributed by atoms with van der Waals surface area (Å²) in [5.41, 5.74) is 2.39. The van der Waals surface area contributed by atoms with E-state index in [1.807, 2.05) is 29.0 Å². The molecule has 0 bridgehead atoms. The SMILES string of the molecule is Cn1cc(CN2Cc3ccnn3[C@@H](CNC(=O)N3CCCC3)C2)cn1. The van der Waals surface area contributed by atoms with Gasteiger partial charge in [-0.05, 0) is 18.9 Å². The van der Waals surface area contributed by atoms with Crippen LogP contribution >= 0.6 is 0 Å². The molecule has 2 aliphatic heterocycles. The molecule has 0 radical (unpaired) electrons. The molecule has 1 fully saturated rings. The van der Waals surface area contributed by atoms with Gasteiger partial charge < -0.3 is 10.2 Å². The summed E-state index contributed by atoms with van der Waals surface area (Å²) < 4.78 is 3.89. The largest absolute Gasteiger partial charge is 0.336 e. The number of nitrogens with zero attached hydrogens (tertiary/aromatic N) is 6. The lowest BCUT2D eigenvalue weighted by molar-refractivity contribution is 0.161. The molecule has 2 amide bonds. The van der Waals surface area contributed by atoms with Crippen LogP contribution in [0, 0.1) is 0 Å². The Morgan fingerprint density at radius 1 is 1.32 bits per heavy atom. The Morgan fingerprint density at radius 3 is 2.92 bits per heavy atom. The standard InChI is InChI=1S/C17H25N7O/c1-21-10-14(8-20-21)11-22-12-15-4-5-19-24(15)16(13-22)9-18-17(25)23-6-2-3-7-23/h4-5,8,10,16H,2-3,6-7,9,11-13H2,1H3,(H,18,25)/t16-/m0/s1. The van der Waals surface area contributed by atoms with Crippen LogP contribution < -0.4 is 5.32 Å². The fourth-order valence-electron chi connectivity index (χ4n) is 3.79. The molecule has 2 aromatic rings. The van der Waals surface area contributed by atoms with Crippen LogP contribution in [0.25, 0.3) is 0 Å². The predicted octanol–water partition coefficient (Wildman–Crippen LogP) is 0.979. The van der Waals surface area contributed by atoms with E-state index in [1.54, 1.807) is 0 Å². The number of hydrogen-bond acceptors (Lipinski definition) is 4. The lowest BCUT2D eigenvalue weighted by atomic mass is 10.1. The number of aromatic nitrogens is 4. The van der Waals surface area contributed by atoms with Crippen molar-refractivity contribution in [2.45, 2.75) is 32.0 Å². The number of urea groups is 1. The maximum atomic E-state index is 12.3. The third-order valence-corrected chi connectivity index (χ3v) is 5.00. The molecule has 1 saturated heterocycles. The molecular formula is C17H25N7O. The maximum absolute atomic E-state index is 12.3. The van der Waals surface area contributed by atoms with E-state index in [1.165, 1.54) is 11.3 Å². The molecule has 4 heterocycles. The summed E-state index contributed by atoms with van der Waals surface area (Å²) in [6, 6.07) is 2.27. The molecule has 1 N–H and O–H groups in total. The number of carbonyl (C=O) groups excluding carboxylic acids is 1. The Bertz CT molecular complexity index is 731. The molecule has 2 aromatic heterocycles. The second-order valence-electron chi connectivity index (χ2n) is 6.99. The van der Waals surface area contributed by atoms with Gasteiger partial charge in [-0.15, -0.1) is 0 Å². The average Bonchev–Trinajstić information content (AvgIpc) is 3.33. The van der Waals surface area contributed by atoms with Crippen molar-refractivity contribution < 1.29 is 4.79 Å². The number of likely N-dealkylation sites (tertiary alicyclic amines) is 1. The molecular weight excluding hydrogens is 318 g/mol. The lowest BCUT2D eigenvalue weighted by Gasteiger charge is -2.34. The van der Waals surface area contributed by atoms with Gasteiger partial charge in [-0.25, -0.2) is 4.79 Å². The van der Waals surface area contributed by atoms with E-state index in [4.69, 9.17) is 0 Å². The Balaban J connectivity index is 1.40. The summed E-state index contributed by atoms with van der Waals surface area (Å²) >= 11 is 0. The van der Waals surface area contributed by atoms with Gasteiger partial charge >= 0.3 is 6.03 Å². The molecule has 0 saturated carbocycles. The first-order chi connectivity index (χ1) is 12.2. The third kappa shape index (κ3) is 3.53. The van der Waals surface area contributed by atoms with E-state index >= 15 is 0 Å². The van der Waals surface area contributed by atoms with E-state index in [0.717, 1.165) is 45.6 Å². The van der Waals surface area contributed by atoms with Crippen LogP contribution in [0.1, 0.15) is 30.1 Å². The van der Waals surface area contributed by atoms with Crippen LogP contribution in [-0.4, -0.2) is 61.6 Å². The summed E-state index contributed by atoms with van der Waals surface area (Å²) in [6.07, 6.45) is 8.03. The van der Waals surface area contributed by atoms with Crippen LogP contribution in [-0.2, 0) is 20.1 Å². The topological polar surface area (TPSA) is 71.2 Å². The first-order valence-electron chi connectivity index (χ1n) is 8.94. The van der Waals surface area contributed by atoms with Crippen LogP contribution in [0.15, 0.2) is 24.7 Å². The fraction of sp³-hybridized carbons (Fsp3) is 0.588. The Hall–Kier alpha value is -2.35. The highest BCUT2D eigenvalue weighted by Gasteiger charge is 2.27. The maximum Gasteiger partial charge on any atom is 0.317 e. The molecule has 134 valence electrons. The van der Waals surface area contributed by atoms with Crippen molar-refractivity contribution in [3.05, 3.63) is 35.9 Å². The number of nitrogens with one attached hydrogen (secondary N) is 1. The number of hydrogen-bond donors (Lipinski definition) is 1. The highest BCUT2D eigenvalue weighted by atomic mass is 16.2. The molecule has 0 aromatic carbocycles. The molecule has 0 spiro atoms. The van der Waals surface area contributed by atoms with E-state index in [0.29, 0.717) is 6.54 Å². The van der Waals surface area contributed by atoms with Crippen LogP contribution in [0.3, 0.4) is 0 Å². The Kier molecular flexibility index (Phi) is 4.44. The van der Waals surface area contributed by atoms with Crippen LogP contribution in [0.5, 0.6) is 0 Å². The van der Waals surface area contributed by atoms with Gasteiger partial charge in [-0.3, -0.25) is 14.3 Å². The van der Waals surface area contributed by atoms with Crippen molar-refractivity contribution in [1.29, 1.82) is 0 Å². The van der Waals surface area contributed by atoms with Crippen molar-refractivity contribution >= 4 is 6.03 Å². The summed E-state index contributed by atoms with van der Waals surface area (Å²) in [6.45, 7) is 4.94. The van der Waals surface area contributed by atoms with Gasteiger partial charge in [0.25, 0.3) is 0 Å². The van der Waals surface area contributed by atoms with Crippen LogP contribution in [0.2, 0.25) is 0 Å². The van der Waals surface area contributed by atoms with Gasteiger partial charge in [0.05, 0.1) is 17.9 Å². The molecule has 0 unspecified atom stereocenters. The number of amides is 2. The quantitative estimate of drug-likeness (QED) is 0.898. The molecule has 8 heteroatoms. The summed E-state index contributed by atoms with van der Waals surface area (Å²) in [5, 5.41) is 11.8. The molecule has 8 nitrogen and oxygen atoms in total. The van der Waals surface area contributed by atoms with Gasteiger partial charge in [0, 0.05) is 64.3 Å². The third-order valence-electron chi connectivity index (χ3n) is 5.00. The minimum atomic E-state index is 0.0515. The monoisotopic (exact) mass is 343 g/mol. The molecule has 2 aliphatic rings. The second-order valence-corrected chi connectivity index (χ2v) is 6.99. The average molecular weight is 343 g/mol. The van der Waals surface area contributed by atoms with E-state index in [9.17, 15) is 4.79 Å². The summed E-state index contributed by atoms with van der Waals surface area (Å²) in [4.78, 5) is 16.6. The zero-order valence-electron chi connectivity index (χ0n) is 14.6. The van der Waals surface area contributed by atoms with Crippen molar-refractivity contribution in [3.8, 4) is 0 Å². The fourth-order valence-corrected chi connectivity index (χ4v) is 3.79. The highest BCUT2D eigenvalue weighted by molar-refractivity contribution is 5.74. The minimum absolute atomic E-state index is 0.0515. The molecule has 25 heavy (non-hydrogen) atoms. The van der Waals surface area contributed by atoms with Gasteiger partial charge in [-0.2, -0.15) is 10.2 Å². The smallest absolute Gasteiger partial charge is 0.317 e. The molecule has 0 aliphatic carbocycles. The molecule has 1 atom stereocenters. The van der Waals surface area contributed by atoms with Crippen molar-refractivity contribution in [3.63, 3.8) is 0 Å². The van der Waals surface area contributed by atoms with Crippen molar-refractivity contribution in [1.82, 2.24) is 34.7 Å². The Labute approximate surface area is 147 Å². The molecule has 4 rings (SSSR count). The van der Waals surface area contributed by atoms with Gasteiger partial charge in [0.2, 0.25) is 0 Å². The predicted molar refractivity (Wildman–Crippen MR) is 92.8 cm³/mol. The van der Waals surface area contributed by atoms with E-state index < -0.39 is 0 Å². The van der Waals surface area contributed by atoms with Crippen molar-refractivity contribution in [2.75, 3.05) is 26.2 Å². The van der Waals surface area contributed by atoms with E-state index in [-0.39, 0.29) is 12.1 Å². The van der Waals surface area contributed by atoms with Gasteiger partial charge in [-0.1, -0.05) is 0 Å². The number of fused-ring (bicyclic) bond motifs is 1. The van der Waals surface area contributed by atoms with Gasteiger partial charge in [0.15, 0.2) is 0 Å². The van der Waals surface area contributed by atoms with Crippen molar-refractivity contribution in [2.24, 2.45) is 7.05 Å². The zero-order valence-corrected chi connectivity index (χ0v) is 14.6. The Morgan fingerprint density at radius 2 is 2.16 bits per heavy atom. The highest BCUT2D eigenvalue weighted by Crippen LogP contribution is 2.21. The zero-order chi connectivity index (χ0) is 17.2. The number of aryl methyl sites for hydroxylation is 1. The van der Waals surface area contributed by atoms with Gasteiger partial charge in [0.1, 0.15) is 0 Å². The second kappa shape index (κ2) is 6.87. The lowest BCUT2D eigenvalue weighted by Crippen LogP contribution is -2.45. The summed E-state index contributed by atoms with van der Waals surface area (Å²) in [5.74, 6) is 0.